The molecule has 0 amide bonds. The van der Waals surface area contributed by atoms with Crippen molar-refractivity contribution in [2.24, 2.45) is 5.73 Å². The molecule has 17 heavy (non-hydrogen) atoms. The zero-order valence-corrected chi connectivity index (χ0v) is 10.5. The second-order valence-electron chi connectivity index (χ2n) is 3.35. The average molecular weight is 267 g/mol. The number of thiocarbonyl (C=S) groups is 1. The molecular weight excluding hydrogens is 257 g/mol. The molecule has 0 aliphatic rings. The molecule has 1 aromatic heterocycles. The first kappa shape index (κ1) is 12.0. The molecular formula is C12H10FNOS2. The SMILES string of the molecule is NC(=S)c1c(F)cccc1OCc1cccs1. The molecule has 1 heterocycles. The van der Waals surface area contributed by atoms with Gasteiger partial charge in [0.15, 0.2) is 0 Å². The Kier molecular flexibility index (Phi) is 3.71. The Morgan fingerprint density at radius 2 is 2.18 bits per heavy atom. The van der Waals surface area contributed by atoms with Crippen LogP contribution in [0.5, 0.6) is 5.75 Å². The molecule has 2 N–H and O–H groups in total. The minimum Gasteiger partial charge on any atom is -0.487 e. The lowest BCUT2D eigenvalue weighted by atomic mass is 10.2. The van der Waals surface area contributed by atoms with Crippen molar-refractivity contribution < 1.29 is 9.13 Å². The maximum Gasteiger partial charge on any atom is 0.137 e. The quantitative estimate of drug-likeness (QED) is 0.865. The van der Waals surface area contributed by atoms with Crippen LogP contribution in [0.1, 0.15) is 10.4 Å². The van der Waals surface area contributed by atoms with Gasteiger partial charge in [0.2, 0.25) is 0 Å². The third-order valence-electron chi connectivity index (χ3n) is 2.17. The van der Waals surface area contributed by atoms with Crippen molar-refractivity contribution in [2.45, 2.75) is 6.61 Å². The van der Waals surface area contributed by atoms with Crippen molar-refractivity contribution in [1.29, 1.82) is 0 Å². The second-order valence-corrected chi connectivity index (χ2v) is 4.82. The molecule has 0 aliphatic heterocycles. The van der Waals surface area contributed by atoms with E-state index in [4.69, 9.17) is 22.7 Å². The highest BCUT2D eigenvalue weighted by atomic mass is 32.1. The van der Waals surface area contributed by atoms with E-state index in [2.05, 4.69) is 0 Å². The van der Waals surface area contributed by atoms with Crippen LogP contribution < -0.4 is 10.5 Å². The van der Waals surface area contributed by atoms with Gasteiger partial charge in [-0.3, -0.25) is 0 Å². The van der Waals surface area contributed by atoms with Gasteiger partial charge < -0.3 is 10.5 Å². The third kappa shape index (κ3) is 2.81. The topological polar surface area (TPSA) is 35.2 Å². The predicted octanol–water partition coefficient (Wildman–Crippen LogP) is 3.10. The maximum absolute atomic E-state index is 13.5. The summed E-state index contributed by atoms with van der Waals surface area (Å²) in [6.45, 7) is 0.386. The first-order chi connectivity index (χ1) is 8.18. The Hall–Kier alpha value is -1.46. The number of hydrogen-bond acceptors (Lipinski definition) is 3. The lowest BCUT2D eigenvalue weighted by molar-refractivity contribution is 0.307. The molecule has 0 saturated carbocycles. The molecule has 2 aromatic rings. The van der Waals surface area contributed by atoms with Gasteiger partial charge in [0.05, 0.1) is 5.56 Å². The lowest BCUT2D eigenvalue weighted by Crippen LogP contribution is -2.13. The van der Waals surface area contributed by atoms with Crippen molar-refractivity contribution in [3.05, 3.63) is 52.0 Å². The van der Waals surface area contributed by atoms with Crippen LogP contribution in [-0.4, -0.2) is 4.99 Å². The molecule has 0 fully saturated rings. The molecule has 0 bridgehead atoms. The number of halogens is 1. The molecule has 1 aromatic carbocycles. The van der Waals surface area contributed by atoms with E-state index in [0.717, 1.165) is 4.88 Å². The Morgan fingerprint density at radius 3 is 2.82 bits per heavy atom. The van der Waals surface area contributed by atoms with E-state index < -0.39 is 5.82 Å². The van der Waals surface area contributed by atoms with Gasteiger partial charge in [-0.05, 0) is 23.6 Å². The Morgan fingerprint density at radius 1 is 1.35 bits per heavy atom. The summed E-state index contributed by atoms with van der Waals surface area (Å²) in [5, 5.41) is 1.96. The highest BCUT2D eigenvalue weighted by molar-refractivity contribution is 7.80. The van der Waals surface area contributed by atoms with Crippen molar-refractivity contribution >= 4 is 28.5 Å². The van der Waals surface area contributed by atoms with Gasteiger partial charge >= 0.3 is 0 Å². The van der Waals surface area contributed by atoms with Crippen molar-refractivity contribution in [1.82, 2.24) is 0 Å². The number of benzene rings is 1. The van der Waals surface area contributed by atoms with Gasteiger partial charge in [-0.15, -0.1) is 11.3 Å². The fourth-order valence-electron chi connectivity index (χ4n) is 1.41. The third-order valence-corrected chi connectivity index (χ3v) is 3.23. The molecule has 5 heteroatoms. The molecule has 0 saturated heterocycles. The van der Waals surface area contributed by atoms with Crippen LogP contribution in [-0.2, 0) is 6.61 Å². The largest absolute Gasteiger partial charge is 0.487 e. The van der Waals surface area contributed by atoms with Crippen LogP contribution in [0.25, 0.3) is 0 Å². The van der Waals surface area contributed by atoms with Crippen molar-refractivity contribution in [3.63, 3.8) is 0 Å². The number of hydrogen-bond donors (Lipinski definition) is 1. The van der Waals surface area contributed by atoms with E-state index in [1.807, 2.05) is 17.5 Å². The van der Waals surface area contributed by atoms with Gasteiger partial charge in [-0.25, -0.2) is 4.39 Å². The predicted molar refractivity (Wildman–Crippen MR) is 70.9 cm³/mol. The van der Waals surface area contributed by atoms with E-state index in [9.17, 15) is 4.39 Å². The number of rotatable bonds is 4. The summed E-state index contributed by atoms with van der Waals surface area (Å²) in [6, 6.07) is 8.42. The van der Waals surface area contributed by atoms with E-state index >= 15 is 0 Å². The fourth-order valence-corrected chi connectivity index (χ4v) is 2.22. The summed E-state index contributed by atoms with van der Waals surface area (Å²) in [5.41, 5.74) is 5.64. The normalized spacial score (nSPS) is 10.2. The summed E-state index contributed by atoms with van der Waals surface area (Å²) in [7, 11) is 0. The van der Waals surface area contributed by atoms with Crippen molar-refractivity contribution in [3.8, 4) is 5.75 Å². The Balaban J connectivity index is 2.21. The van der Waals surface area contributed by atoms with E-state index in [1.165, 1.54) is 6.07 Å². The Bertz CT molecular complexity index is 525. The van der Waals surface area contributed by atoms with Crippen LogP contribution in [0.15, 0.2) is 35.7 Å². The summed E-state index contributed by atoms with van der Waals surface area (Å²) >= 11 is 6.39. The summed E-state index contributed by atoms with van der Waals surface area (Å²) < 4.78 is 19.0. The van der Waals surface area contributed by atoms with E-state index in [1.54, 1.807) is 23.5 Å². The van der Waals surface area contributed by atoms with E-state index in [-0.39, 0.29) is 10.6 Å². The first-order valence-electron chi connectivity index (χ1n) is 4.92. The van der Waals surface area contributed by atoms with Gasteiger partial charge in [0.25, 0.3) is 0 Å². The molecule has 0 unspecified atom stereocenters. The van der Waals surface area contributed by atoms with Crippen LogP contribution in [0.3, 0.4) is 0 Å². The smallest absolute Gasteiger partial charge is 0.137 e. The molecule has 88 valence electrons. The number of ether oxygens (including phenoxy) is 1. The monoisotopic (exact) mass is 267 g/mol. The first-order valence-corrected chi connectivity index (χ1v) is 6.21. The minimum atomic E-state index is -0.457. The fraction of sp³-hybridized carbons (Fsp3) is 0.0833. The highest BCUT2D eigenvalue weighted by Gasteiger charge is 2.12. The minimum absolute atomic E-state index is 0.00396. The summed E-state index contributed by atoms with van der Waals surface area (Å²) in [6.07, 6.45) is 0. The zero-order chi connectivity index (χ0) is 12.3. The number of thiophene rings is 1. The van der Waals surface area contributed by atoms with E-state index in [0.29, 0.717) is 12.4 Å². The van der Waals surface area contributed by atoms with Gasteiger partial charge in [-0.1, -0.05) is 24.4 Å². The van der Waals surface area contributed by atoms with Gasteiger partial charge in [-0.2, -0.15) is 0 Å². The Labute approximate surface area is 108 Å². The van der Waals surface area contributed by atoms with Gasteiger partial charge in [0.1, 0.15) is 23.2 Å². The van der Waals surface area contributed by atoms with Crippen LogP contribution in [0, 0.1) is 5.82 Å². The second kappa shape index (κ2) is 5.25. The van der Waals surface area contributed by atoms with Gasteiger partial charge in [0, 0.05) is 4.88 Å². The molecule has 2 rings (SSSR count). The van der Waals surface area contributed by atoms with Crippen LogP contribution in [0.2, 0.25) is 0 Å². The van der Waals surface area contributed by atoms with Crippen LogP contribution >= 0.6 is 23.6 Å². The average Bonchev–Trinajstić information content (AvgIpc) is 2.78. The lowest BCUT2D eigenvalue weighted by Gasteiger charge is -2.10. The summed E-state index contributed by atoms with van der Waals surface area (Å²) in [4.78, 5) is 1.06. The number of nitrogens with two attached hydrogens (primary N) is 1. The molecule has 0 aliphatic carbocycles. The molecule has 2 nitrogen and oxygen atoms in total. The zero-order valence-electron chi connectivity index (χ0n) is 8.85. The standard InChI is InChI=1S/C12H10FNOS2/c13-9-4-1-5-10(11(9)12(14)16)15-7-8-3-2-6-17-8/h1-6H,7H2,(H2,14,16). The summed E-state index contributed by atoms with van der Waals surface area (Å²) in [5.74, 6) is -0.0768. The molecule has 0 spiro atoms. The van der Waals surface area contributed by atoms with Crippen molar-refractivity contribution in [2.75, 3.05) is 0 Å². The molecule has 0 atom stereocenters. The molecule has 0 radical (unpaired) electrons. The highest BCUT2D eigenvalue weighted by Crippen LogP contribution is 2.23. The van der Waals surface area contributed by atoms with Crippen LogP contribution in [0.4, 0.5) is 4.39 Å². The maximum atomic E-state index is 13.5.